The number of nitrogens with one attached hydrogen (secondary N) is 1. The van der Waals surface area contributed by atoms with E-state index in [1.807, 2.05) is 0 Å². The summed E-state index contributed by atoms with van der Waals surface area (Å²) in [6.07, 6.45) is 0. The number of carboxylic acids is 1. The minimum Gasteiger partial charge on any atom is -0.549 e. The summed E-state index contributed by atoms with van der Waals surface area (Å²) in [7, 11) is 0. The van der Waals surface area contributed by atoms with Crippen LogP contribution in [-0.4, -0.2) is 28.3 Å². The number of rotatable bonds is 6. The van der Waals surface area contributed by atoms with Crippen molar-refractivity contribution >= 4 is 35.0 Å². The van der Waals surface area contributed by atoms with Crippen molar-refractivity contribution in [2.24, 2.45) is 0 Å². The second kappa shape index (κ2) is 6.60. The van der Waals surface area contributed by atoms with E-state index in [1.54, 1.807) is 0 Å². The molecule has 0 radical (unpaired) electrons. The minimum absolute atomic E-state index is 0.0589. The molecule has 96 valence electrons. The molecule has 0 saturated heterocycles. The fourth-order valence-corrected chi connectivity index (χ4v) is 1.65. The van der Waals surface area contributed by atoms with Gasteiger partial charge in [0.05, 0.1) is 16.6 Å². The maximum Gasteiger partial charge on any atom is 0.271 e. The number of aliphatic carboxylic acids is 1. The normalized spacial score (nSPS) is 9.78. The number of nitrogens with zero attached hydrogens (tertiary/aromatic N) is 1. The summed E-state index contributed by atoms with van der Waals surface area (Å²) in [6, 6.07) is 5.48. The summed E-state index contributed by atoms with van der Waals surface area (Å²) in [5, 5.41) is 23.1. The lowest BCUT2D eigenvalue weighted by atomic mass is 10.3. The van der Waals surface area contributed by atoms with E-state index in [-0.39, 0.29) is 17.2 Å². The smallest absolute Gasteiger partial charge is 0.271 e. The molecule has 0 saturated carbocycles. The zero-order chi connectivity index (χ0) is 13.5. The first-order valence-electron chi connectivity index (χ1n) is 4.81. The van der Waals surface area contributed by atoms with Crippen LogP contribution in [0, 0.1) is 10.1 Å². The molecule has 0 spiro atoms. The fraction of sp³-hybridized carbons (Fsp3) is 0.200. The number of thioether (sulfide) groups is 1. The number of carboxylic acid groups (broad SMARTS) is 1. The summed E-state index contributed by atoms with van der Waals surface area (Å²) in [6.45, 7) is 0. The van der Waals surface area contributed by atoms with Gasteiger partial charge in [-0.25, -0.2) is 0 Å². The highest BCUT2D eigenvalue weighted by Crippen LogP contribution is 2.17. The van der Waals surface area contributed by atoms with Crippen molar-refractivity contribution in [2.45, 2.75) is 0 Å². The van der Waals surface area contributed by atoms with Gasteiger partial charge in [-0.05, 0) is 6.07 Å². The highest BCUT2D eigenvalue weighted by atomic mass is 32.2. The van der Waals surface area contributed by atoms with Gasteiger partial charge in [0.15, 0.2) is 0 Å². The number of anilines is 1. The average molecular weight is 269 g/mol. The average Bonchev–Trinajstić information content (AvgIpc) is 2.28. The van der Waals surface area contributed by atoms with Crippen LogP contribution in [0.4, 0.5) is 11.4 Å². The molecule has 0 aromatic heterocycles. The Labute approximate surface area is 106 Å². The highest BCUT2D eigenvalue weighted by molar-refractivity contribution is 8.00. The lowest BCUT2D eigenvalue weighted by Crippen LogP contribution is -2.25. The molecule has 1 aromatic carbocycles. The summed E-state index contributed by atoms with van der Waals surface area (Å²) < 4.78 is 0. The number of non-ortho nitro benzene ring substituents is 1. The third-order valence-electron chi connectivity index (χ3n) is 1.79. The number of nitro groups is 1. The van der Waals surface area contributed by atoms with E-state index in [0.717, 1.165) is 11.8 Å². The number of benzene rings is 1. The maximum absolute atomic E-state index is 11.4. The van der Waals surface area contributed by atoms with Gasteiger partial charge in [0.1, 0.15) is 0 Å². The van der Waals surface area contributed by atoms with Crippen molar-refractivity contribution in [3.63, 3.8) is 0 Å². The van der Waals surface area contributed by atoms with E-state index in [0.29, 0.717) is 5.69 Å². The van der Waals surface area contributed by atoms with E-state index < -0.39 is 16.8 Å². The number of hydrogen-bond donors (Lipinski definition) is 1. The van der Waals surface area contributed by atoms with Crippen molar-refractivity contribution < 1.29 is 19.6 Å². The van der Waals surface area contributed by atoms with Crippen LogP contribution in [0.25, 0.3) is 0 Å². The number of hydrogen-bond acceptors (Lipinski definition) is 6. The number of nitro benzene ring substituents is 1. The monoisotopic (exact) mass is 269 g/mol. The summed E-state index contributed by atoms with van der Waals surface area (Å²) in [4.78, 5) is 31.4. The molecule has 7 nitrogen and oxygen atoms in total. The first-order chi connectivity index (χ1) is 8.49. The van der Waals surface area contributed by atoms with Crippen LogP contribution in [0.5, 0.6) is 0 Å². The Morgan fingerprint density at radius 3 is 2.67 bits per heavy atom. The number of carbonyl (C=O) groups excluding carboxylic acids is 2. The van der Waals surface area contributed by atoms with Crippen LogP contribution >= 0.6 is 11.8 Å². The standard InChI is InChI=1S/C10H10N2O5S/c13-9(5-18-6-10(14)15)11-7-2-1-3-8(4-7)12(16)17/h1-4H,5-6H2,(H,11,13)(H,14,15)/p-1. The molecule has 0 aliphatic heterocycles. The topological polar surface area (TPSA) is 112 Å². The van der Waals surface area contributed by atoms with Crippen LogP contribution in [0.3, 0.4) is 0 Å². The first kappa shape index (κ1) is 14.0. The van der Waals surface area contributed by atoms with Gasteiger partial charge in [0, 0.05) is 23.6 Å². The molecule has 1 rings (SSSR count). The molecule has 0 fully saturated rings. The van der Waals surface area contributed by atoms with Crippen molar-refractivity contribution in [2.75, 3.05) is 16.8 Å². The number of carbonyl (C=O) groups is 2. The van der Waals surface area contributed by atoms with Crippen LogP contribution in [0.15, 0.2) is 24.3 Å². The quantitative estimate of drug-likeness (QED) is 0.575. The third-order valence-corrected chi connectivity index (χ3v) is 2.70. The van der Waals surface area contributed by atoms with E-state index in [1.165, 1.54) is 24.3 Å². The van der Waals surface area contributed by atoms with Crippen LogP contribution in [0.1, 0.15) is 0 Å². The number of amides is 1. The van der Waals surface area contributed by atoms with Crippen molar-refractivity contribution in [1.29, 1.82) is 0 Å². The Kier molecular flexibility index (Phi) is 5.12. The zero-order valence-corrected chi connectivity index (χ0v) is 9.94. The summed E-state index contributed by atoms with van der Waals surface area (Å²) >= 11 is 0.891. The molecule has 1 aromatic rings. The SMILES string of the molecule is O=C([O-])CSCC(=O)Nc1cccc([N+](=O)[O-])c1. The zero-order valence-electron chi connectivity index (χ0n) is 9.12. The van der Waals surface area contributed by atoms with E-state index >= 15 is 0 Å². The molecule has 0 aliphatic carbocycles. The molecule has 0 unspecified atom stereocenters. The molecule has 8 heteroatoms. The van der Waals surface area contributed by atoms with Crippen LogP contribution in [0.2, 0.25) is 0 Å². The Bertz CT molecular complexity index is 477. The van der Waals surface area contributed by atoms with Crippen molar-refractivity contribution in [3.05, 3.63) is 34.4 Å². The van der Waals surface area contributed by atoms with Gasteiger partial charge >= 0.3 is 0 Å². The van der Waals surface area contributed by atoms with E-state index in [4.69, 9.17) is 0 Å². The Morgan fingerprint density at radius 1 is 1.33 bits per heavy atom. The molecular weight excluding hydrogens is 260 g/mol. The highest BCUT2D eigenvalue weighted by Gasteiger charge is 2.08. The Hall–Kier alpha value is -2.09. The summed E-state index contributed by atoms with van der Waals surface area (Å²) in [5.74, 6) is -2.01. The molecule has 1 amide bonds. The molecule has 1 N–H and O–H groups in total. The van der Waals surface area contributed by atoms with Crippen molar-refractivity contribution in [1.82, 2.24) is 0 Å². The van der Waals surface area contributed by atoms with Gasteiger partial charge in [0.25, 0.3) is 5.69 Å². The fourth-order valence-electron chi connectivity index (χ4n) is 1.12. The predicted octanol–water partition coefficient (Wildman–Crippen LogP) is 0.0164. The third kappa shape index (κ3) is 4.83. The van der Waals surface area contributed by atoms with E-state index in [9.17, 15) is 24.8 Å². The van der Waals surface area contributed by atoms with Gasteiger partial charge in [-0.3, -0.25) is 14.9 Å². The van der Waals surface area contributed by atoms with Crippen molar-refractivity contribution in [3.8, 4) is 0 Å². The van der Waals surface area contributed by atoms with Gasteiger partial charge in [0.2, 0.25) is 5.91 Å². The molecule has 18 heavy (non-hydrogen) atoms. The second-order valence-corrected chi connectivity index (χ2v) is 4.21. The lowest BCUT2D eigenvalue weighted by Gasteiger charge is -2.05. The van der Waals surface area contributed by atoms with Gasteiger partial charge in [-0.1, -0.05) is 6.07 Å². The maximum atomic E-state index is 11.4. The Morgan fingerprint density at radius 2 is 2.06 bits per heavy atom. The second-order valence-electron chi connectivity index (χ2n) is 3.22. The molecule has 0 atom stereocenters. The van der Waals surface area contributed by atoms with E-state index in [2.05, 4.69) is 5.32 Å². The largest absolute Gasteiger partial charge is 0.549 e. The van der Waals surface area contributed by atoms with Gasteiger partial charge in [-0.2, -0.15) is 0 Å². The molecule has 0 bridgehead atoms. The lowest BCUT2D eigenvalue weighted by molar-refractivity contribution is -0.384. The van der Waals surface area contributed by atoms with Crippen LogP contribution < -0.4 is 10.4 Å². The van der Waals surface area contributed by atoms with Crippen LogP contribution in [-0.2, 0) is 9.59 Å². The Balaban J connectivity index is 2.51. The molecule has 0 heterocycles. The molecule has 0 aliphatic rings. The van der Waals surface area contributed by atoms with Gasteiger partial charge in [-0.15, -0.1) is 11.8 Å². The first-order valence-corrected chi connectivity index (χ1v) is 5.96. The predicted molar refractivity (Wildman–Crippen MR) is 64.1 cm³/mol. The minimum atomic E-state index is -1.25. The molecular formula is C10H9N2O5S-. The van der Waals surface area contributed by atoms with Gasteiger partial charge < -0.3 is 15.2 Å². The summed E-state index contributed by atoms with van der Waals surface area (Å²) in [5.41, 5.74) is 0.165.